The second-order valence-electron chi connectivity index (χ2n) is 13.6. The number of halogens is 3. The topological polar surface area (TPSA) is 94.7 Å². The van der Waals surface area contributed by atoms with Gasteiger partial charge in [-0.3, -0.25) is 9.69 Å². The van der Waals surface area contributed by atoms with Gasteiger partial charge in [0.2, 0.25) is 0 Å². The molecule has 42 heavy (non-hydrogen) atoms. The molecule has 3 unspecified atom stereocenters. The van der Waals surface area contributed by atoms with Crippen molar-refractivity contribution in [3.8, 4) is 5.75 Å². The number of nitrogens with two attached hydrogens (primary N) is 1. The minimum Gasteiger partial charge on any atom is -0.507 e. The van der Waals surface area contributed by atoms with Crippen molar-refractivity contribution in [1.82, 2.24) is 15.2 Å². The number of nitrogens with zero attached hydrogens (tertiary/aromatic N) is 3. The number of benzene rings is 1. The molecule has 7 nitrogen and oxygen atoms in total. The number of hydrogen-bond donors (Lipinski definition) is 3. The first-order chi connectivity index (χ1) is 20.0. The molecule has 2 aromatic rings. The molecular formula is C32H42F3N5O2. The van der Waals surface area contributed by atoms with Crippen molar-refractivity contribution in [2.24, 2.45) is 34.8 Å². The normalized spacial score (nSPS) is 30.7. The molecule has 4 bridgehead atoms. The monoisotopic (exact) mass is 585 g/mol. The van der Waals surface area contributed by atoms with E-state index in [1.807, 2.05) is 4.90 Å². The number of para-hydroxylation sites is 1. The molecule has 7 rings (SSSR count). The summed E-state index contributed by atoms with van der Waals surface area (Å²) in [5.41, 5.74) is 5.82. The molecule has 1 saturated heterocycles. The van der Waals surface area contributed by atoms with E-state index in [1.54, 1.807) is 18.2 Å². The number of phenols is 1. The van der Waals surface area contributed by atoms with Crippen LogP contribution in [0.2, 0.25) is 0 Å². The Labute approximate surface area is 245 Å². The average Bonchev–Trinajstić information content (AvgIpc) is 2.97. The third-order valence-electron chi connectivity index (χ3n) is 10.9. The zero-order valence-corrected chi connectivity index (χ0v) is 24.2. The molecule has 3 atom stereocenters. The van der Waals surface area contributed by atoms with Crippen LogP contribution >= 0.6 is 0 Å². The molecular weight excluding hydrogens is 543 g/mol. The number of piperazine rings is 1. The molecule has 5 fully saturated rings. The van der Waals surface area contributed by atoms with Gasteiger partial charge in [-0.1, -0.05) is 12.1 Å². The first-order valence-corrected chi connectivity index (χ1v) is 15.3. The van der Waals surface area contributed by atoms with Crippen LogP contribution in [0.1, 0.15) is 61.4 Å². The quantitative estimate of drug-likeness (QED) is 0.408. The molecule has 4 saturated carbocycles. The lowest BCUT2D eigenvalue weighted by Crippen LogP contribution is -2.62. The highest BCUT2D eigenvalue weighted by molar-refractivity contribution is 5.96. The molecule has 4 aliphatic carbocycles. The Morgan fingerprint density at radius 3 is 2.36 bits per heavy atom. The predicted octanol–water partition coefficient (Wildman–Crippen LogP) is 4.91. The van der Waals surface area contributed by atoms with Crippen molar-refractivity contribution in [2.45, 2.75) is 57.2 Å². The van der Waals surface area contributed by atoms with Crippen molar-refractivity contribution in [2.75, 3.05) is 44.2 Å². The van der Waals surface area contributed by atoms with Crippen LogP contribution in [0.5, 0.6) is 5.75 Å². The van der Waals surface area contributed by atoms with Crippen molar-refractivity contribution >= 4 is 11.7 Å². The van der Waals surface area contributed by atoms with Crippen LogP contribution in [-0.2, 0) is 6.18 Å². The molecule has 10 heteroatoms. The predicted molar refractivity (Wildman–Crippen MR) is 155 cm³/mol. The van der Waals surface area contributed by atoms with Crippen LogP contribution in [0.25, 0.3) is 0 Å². The number of hydrogen-bond acceptors (Lipinski definition) is 6. The lowest BCUT2D eigenvalue weighted by atomic mass is 9.45. The second kappa shape index (κ2) is 11.0. The van der Waals surface area contributed by atoms with Gasteiger partial charge in [-0.25, -0.2) is 4.98 Å². The van der Waals surface area contributed by atoms with E-state index in [1.165, 1.54) is 44.2 Å². The number of pyridine rings is 1. The van der Waals surface area contributed by atoms with Gasteiger partial charge in [0.05, 0.1) is 11.1 Å². The van der Waals surface area contributed by atoms with Crippen LogP contribution in [0, 0.1) is 29.1 Å². The van der Waals surface area contributed by atoms with Gasteiger partial charge in [0.15, 0.2) is 0 Å². The highest BCUT2D eigenvalue weighted by Crippen LogP contribution is 2.63. The summed E-state index contributed by atoms with van der Waals surface area (Å²) >= 11 is 0. The van der Waals surface area contributed by atoms with Gasteiger partial charge in [-0.05, 0) is 105 Å². The summed E-state index contributed by atoms with van der Waals surface area (Å²) in [5.74, 6) is 2.89. The van der Waals surface area contributed by atoms with Crippen molar-refractivity contribution in [1.29, 1.82) is 0 Å². The molecule has 4 N–H and O–H groups in total. The summed E-state index contributed by atoms with van der Waals surface area (Å²) in [5, 5.41) is 13.4. The first-order valence-electron chi connectivity index (χ1n) is 15.3. The van der Waals surface area contributed by atoms with Crippen LogP contribution in [0.15, 0.2) is 42.6 Å². The van der Waals surface area contributed by atoms with Crippen LogP contribution in [0.4, 0.5) is 19.0 Å². The molecule has 228 valence electrons. The molecule has 0 radical (unpaired) electrons. The molecule has 5 aliphatic rings. The Morgan fingerprint density at radius 2 is 1.76 bits per heavy atom. The largest absolute Gasteiger partial charge is 0.507 e. The van der Waals surface area contributed by atoms with Crippen LogP contribution < -0.4 is 16.0 Å². The number of anilines is 1. The fraction of sp³-hybridized carbons (Fsp3) is 0.625. The zero-order valence-electron chi connectivity index (χ0n) is 24.2. The summed E-state index contributed by atoms with van der Waals surface area (Å²) in [6.45, 7) is 6.16. The molecule has 2 heterocycles. The lowest BCUT2D eigenvalue weighted by Gasteiger charge is -2.61. The van der Waals surface area contributed by atoms with Gasteiger partial charge in [0.25, 0.3) is 5.91 Å². The van der Waals surface area contributed by atoms with Gasteiger partial charge in [-0.2, -0.15) is 13.2 Å². The Kier molecular flexibility index (Phi) is 7.66. The number of rotatable bonds is 8. The van der Waals surface area contributed by atoms with E-state index >= 15 is 0 Å². The number of phenolic OH excluding ortho intramolecular Hbond substituents is 1. The maximum atomic E-state index is 13.1. The Hall–Kier alpha value is -2.85. The molecule has 1 aromatic heterocycles. The minimum absolute atomic E-state index is 0.0394. The van der Waals surface area contributed by atoms with E-state index in [0.29, 0.717) is 61.7 Å². The smallest absolute Gasteiger partial charge is 0.417 e. The first kappa shape index (κ1) is 29.2. The van der Waals surface area contributed by atoms with Crippen molar-refractivity contribution in [3.63, 3.8) is 0 Å². The number of carbonyl (C=O) groups is 1. The van der Waals surface area contributed by atoms with E-state index < -0.39 is 11.7 Å². The van der Waals surface area contributed by atoms with Gasteiger partial charge in [0, 0.05) is 44.5 Å². The summed E-state index contributed by atoms with van der Waals surface area (Å²) in [6, 6.07) is 9.12. The molecule has 0 spiro atoms. The Bertz CT molecular complexity index is 1260. The fourth-order valence-corrected chi connectivity index (χ4v) is 8.95. The fourth-order valence-electron chi connectivity index (χ4n) is 8.95. The Balaban J connectivity index is 1.18. The maximum Gasteiger partial charge on any atom is 0.417 e. The third kappa shape index (κ3) is 5.60. The maximum absolute atomic E-state index is 13.1. The van der Waals surface area contributed by atoms with Gasteiger partial charge in [0.1, 0.15) is 11.6 Å². The lowest BCUT2D eigenvalue weighted by molar-refractivity contribution is -0.137. The zero-order chi connectivity index (χ0) is 29.7. The summed E-state index contributed by atoms with van der Waals surface area (Å²) in [7, 11) is 0. The number of nitrogens with one attached hydrogen (secondary N) is 1. The van der Waals surface area contributed by atoms with Crippen molar-refractivity contribution < 1.29 is 23.1 Å². The number of alkyl halides is 3. The van der Waals surface area contributed by atoms with E-state index in [2.05, 4.69) is 22.1 Å². The van der Waals surface area contributed by atoms with E-state index in [9.17, 15) is 23.1 Å². The molecule has 1 amide bonds. The van der Waals surface area contributed by atoms with E-state index in [0.717, 1.165) is 31.1 Å². The highest BCUT2D eigenvalue weighted by Gasteiger charge is 2.56. The van der Waals surface area contributed by atoms with Gasteiger partial charge in [-0.15, -0.1) is 0 Å². The van der Waals surface area contributed by atoms with E-state index in [4.69, 9.17) is 5.73 Å². The SMILES string of the molecule is CC(CNC(=O)c1ccccc1O)(CC1C2CC3CC1CC(CN)(C3)C2)N1CCN(c2ccc(C(F)(F)F)cn2)CC1. The highest BCUT2D eigenvalue weighted by atomic mass is 19.4. The Morgan fingerprint density at radius 1 is 1.07 bits per heavy atom. The number of aromatic hydroxyl groups is 1. The van der Waals surface area contributed by atoms with Gasteiger partial charge >= 0.3 is 6.18 Å². The van der Waals surface area contributed by atoms with Crippen LogP contribution in [0.3, 0.4) is 0 Å². The molecule has 1 aliphatic heterocycles. The summed E-state index contributed by atoms with van der Waals surface area (Å²) in [4.78, 5) is 21.7. The molecule has 1 aromatic carbocycles. The summed E-state index contributed by atoms with van der Waals surface area (Å²) in [6.07, 6.45) is 3.69. The second-order valence-corrected chi connectivity index (χ2v) is 13.6. The standard InChI is InChI=1S/C32H42F3N5O2/c1-30(20-38-29(42)25-4-2-3-5-27(25)41,17-26-22-12-21-13-23(26)16-31(14-21,15-22)19-36)40-10-8-39(9-11-40)28-7-6-24(18-37-28)32(33,34)35/h2-7,18,21-23,26,41H,8-17,19-20,36H2,1H3,(H,38,42). The van der Waals surface area contributed by atoms with E-state index in [-0.39, 0.29) is 22.8 Å². The van der Waals surface area contributed by atoms with Crippen LogP contribution in [-0.4, -0.2) is 65.7 Å². The number of aromatic nitrogens is 1. The summed E-state index contributed by atoms with van der Waals surface area (Å²) < 4.78 is 39.1. The van der Waals surface area contributed by atoms with Crippen molar-refractivity contribution in [3.05, 3.63) is 53.7 Å². The number of amides is 1. The average molecular weight is 586 g/mol. The number of carbonyl (C=O) groups excluding carboxylic acids is 1. The third-order valence-corrected chi connectivity index (χ3v) is 10.9. The van der Waals surface area contributed by atoms with Gasteiger partial charge < -0.3 is 21.1 Å². The minimum atomic E-state index is -4.41.